The van der Waals surface area contributed by atoms with Crippen molar-refractivity contribution in [3.05, 3.63) is 0 Å². The van der Waals surface area contributed by atoms with Crippen LogP contribution in [0, 0.1) is 0 Å². The van der Waals surface area contributed by atoms with Crippen molar-refractivity contribution >= 4 is 0 Å². The molecule has 0 aliphatic carbocycles. The third-order valence-corrected chi connectivity index (χ3v) is 6.38. The van der Waals surface area contributed by atoms with E-state index in [9.17, 15) is 20.4 Å². The van der Waals surface area contributed by atoms with Crippen LogP contribution in [0.2, 0.25) is 0 Å². The smallest absolute Gasteiger partial charge is 0.186 e. The van der Waals surface area contributed by atoms with Gasteiger partial charge in [-0.05, 0) is 6.42 Å². The lowest BCUT2D eigenvalue weighted by atomic mass is 9.99. The van der Waals surface area contributed by atoms with Crippen LogP contribution in [0.15, 0.2) is 0 Å². The first-order valence-electron chi connectivity index (χ1n) is 13.0. The summed E-state index contributed by atoms with van der Waals surface area (Å²) in [4.78, 5) is 0. The number of unbranched alkanes of at least 4 members (excludes halogenated alkanes) is 16. The van der Waals surface area contributed by atoms with Crippen molar-refractivity contribution in [2.45, 2.75) is 147 Å². The van der Waals surface area contributed by atoms with E-state index in [0.29, 0.717) is 6.61 Å². The SMILES string of the molecule is CCCCCCCCCCCCCCCCCCCO[C@@H]1O[C@H](CO)[C@@H](O)[C@H](O)[C@H]1O. The maximum atomic E-state index is 9.92. The summed E-state index contributed by atoms with van der Waals surface area (Å²) < 4.78 is 10.8. The Kier molecular flexibility index (Phi) is 17.9. The monoisotopic (exact) mass is 446 g/mol. The molecular weight excluding hydrogens is 396 g/mol. The number of rotatable bonds is 20. The van der Waals surface area contributed by atoms with Gasteiger partial charge in [-0.2, -0.15) is 0 Å². The van der Waals surface area contributed by atoms with Gasteiger partial charge < -0.3 is 29.9 Å². The lowest BCUT2D eigenvalue weighted by Crippen LogP contribution is -2.59. The molecule has 1 aliphatic rings. The lowest BCUT2D eigenvalue weighted by Gasteiger charge is -2.39. The molecule has 0 spiro atoms. The number of aliphatic hydroxyl groups is 4. The first kappa shape index (κ1) is 28.8. The topological polar surface area (TPSA) is 99.4 Å². The van der Waals surface area contributed by atoms with E-state index < -0.39 is 37.3 Å². The van der Waals surface area contributed by atoms with E-state index in [0.717, 1.165) is 12.8 Å². The molecule has 4 N–H and O–H groups in total. The van der Waals surface area contributed by atoms with Crippen LogP contribution >= 0.6 is 0 Å². The van der Waals surface area contributed by atoms with Crippen LogP contribution in [0.1, 0.15) is 116 Å². The molecule has 1 heterocycles. The molecule has 1 saturated heterocycles. The van der Waals surface area contributed by atoms with Crippen LogP contribution < -0.4 is 0 Å². The average molecular weight is 447 g/mol. The molecule has 0 amide bonds. The Morgan fingerprint density at radius 1 is 0.581 bits per heavy atom. The van der Waals surface area contributed by atoms with Crippen LogP contribution in [0.4, 0.5) is 0 Å². The Labute approximate surface area is 190 Å². The summed E-state index contributed by atoms with van der Waals surface area (Å²) in [6.45, 7) is 2.28. The van der Waals surface area contributed by atoms with Gasteiger partial charge in [0.25, 0.3) is 0 Å². The van der Waals surface area contributed by atoms with E-state index in [4.69, 9.17) is 9.47 Å². The van der Waals surface area contributed by atoms with Gasteiger partial charge in [0.15, 0.2) is 6.29 Å². The second-order valence-electron chi connectivity index (χ2n) is 9.22. The van der Waals surface area contributed by atoms with Crippen molar-refractivity contribution in [1.29, 1.82) is 0 Å². The molecule has 1 rings (SSSR count). The standard InChI is InChI=1S/C25H50O6/c1-2-3-4-5-6-7-8-9-10-11-12-13-14-15-16-17-18-19-30-25-24(29)23(28)22(27)21(20-26)31-25/h21-29H,2-20H2,1H3/t21-,22-,23+,24-,25-/m1/s1. The average Bonchev–Trinajstić information content (AvgIpc) is 2.78. The van der Waals surface area contributed by atoms with E-state index >= 15 is 0 Å². The molecule has 0 bridgehead atoms. The second-order valence-corrected chi connectivity index (χ2v) is 9.22. The Morgan fingerprint density at radius 3 is 1.42 bits per heavy atom. The van der Waals surface area contributed by atoms with Crippen LogP contribution in [0.3, 0.4) is 0 Å². The van der Waals surface area contributed by atoms with Crippen molar-refractivity contribution in [3.8, 4) is 0 Å². The molecular formula is C25H50O6. The molecule has 0 aromatic rings. The molecule has 0 aromatic heterocycles. The highest BCUT2D eigenvalue weighted by atomic mass is 16.7. The molecule has 31 heavy (non-hydrogen) atoms. The quantitative estimate of drug-likeness (QED) is 0.206. The van der Waals surface area contributed by atoms with Gasteiger partial charge in [-0.15, -0.1) is 0 Å². The van der Waals surface area contributed by atoms with E-state index in [2.05, 4.69) is 6.92 Å². The lowest BCUT2D eigenvalue weighted by molar-refractivity contribution is -0.301. The summed E-state index contributed by atoms with van der Waals surface area (Å²) in [5.74, 6) is 0. The van der Waals surface area contributed by atoms with Gasteiger partial charge >= 0.3 is 0 Å². The van der Waals surface area contributed by atoms with Gasteiger partial charge in [-0.25, -0.2) is 0 Å². The van der Waals surface area contributed by atoms with Crippen molar-refractivity contribution < 1.29 is 29.9 Å². The minimum atomic E-state index is -1.37. The largest absolute Gasteiger partial charge is 0.394 e. The Balaban J connectivity index is 1.84. The minimum Gasteiger partial charge on any atom is -0.394 e. The summed E-state index contributed by atoms with van der Waals surface area (Å²) in [7, 11) is 0. The summed E-state index contributed by atoms with van der Waals surface area (Å²) in [5.41, 5.74) is 0. The zero-order valence-electron chi connectivity index (χ0n) is 19.9. The Bertz CT molecular complexity index is 392. The maximum Gasteiger partial charge on any atom is 0.186 e. The van der Waals surface area contributed by atoms with Crippen LogP contribution in [0.25, 0.3) is 0 Å². The summed E-state index contributed by atoms with van der Waals surface area (Å²) in [6, 6.07) is 0. The number of hydrogen-bond donors (Lipinski definition) is 4. The fourth-order valence-corrected chi connectivity index (χ4v) is 4.23. The predicted molar refractivity (Wildman–Crippen MR) is 124 cm³/mol. The zero-order chi connectivity index (χ0) is 22.7. The highest BCUT2D eigenvalue weighted by molar-refractivity contribution is 4.88. The van der Waals surface area contributed by atoms with Crippen LogP contribution in [0.5, 0.6) is 0 Å². The van der Waals surface area contributed by atoms with E-state index in [1.807, 2.05) is 0 Å². The van der Waals surface area contributed by atoms with E-state index in [1.165, 1.54) is 96.3 Å². The zero-order valence-corrected chi connectivity index (χ0v) is 19.9. The normalized spacial score (nSPS) is 26.4. The molecule has 1 aliphatic heterocycles. The van der Waals surface area contributed by atoms with Crippen LogP contribution in [-0.2, 0) is 9.47 Å². The third kappa shape index (κ3) is 13.2. The molecule has 0 saturated carbocycles. The molecule has 0 aromatic carbocycles. The van der Waals surface area contributed by atoms with Gasteiger partial charge in [-0.1, -0.05) is 110 Å². The molecule has 0 unspecified atom stereocenters. The van der Waals surface area contributed by atoms with Gasteiger partial charge in [0, 0.05) is 6.61 Å². The van der Waals surface area contributed by atoms with Crippen LogP contribution in [-0.4, -0.2) is 64.3 Å². The fourth-order valence-electron chi connectivity index (χ4n) is 4.23. The van der Waals surface area contributed by atoms with Gasteiger partial charge in [0.1, 0.15) is 24.4 Å². The maximum absolute atomic E-state index is 9.92. The highest BCUT2D eigenvalue weighted by Crippen LogP contribution is 2.22. The number of aliphatic hydroxyl groups excluding tert-OH is 4. The third-order valence-electron chi connectivity index (χ3n) is 6.38. The molecule has 6 heteroatoms. The second kappa shape index (κ2) is 19.2. The van der Waals surface area contributed by atoms with Crippen molar-refractivity contribution in [1.82, 2.24) is 0 Å². The van der Waals surface area contributed by atoms with Gasteiger partial charge in [-0.3, -0.25) is 0 Å². The molecule has 186 valence electrons. The van der Waals surface area contributed by atoms with Crippen molar-refractivity contribution in [2.24, 2.45) is 0 Å². The Hall–Kier alpha value is -0.240. The number of ether oxygens (including phenoxy) is 2. The minimum absolute atomic E-state index is 0.427. The summed E-state index contributed by atoms with van der Waals surface area (Å²) in [6.07, 6.45) is 16.4. The van der Waals surface area contributed by atoms with Gasteiger partial charge in [0.05, 0.1) is 6.61 Å². The van der Waals surface area contributed by atoms with Crippen molar-refractivity contribution in [2.75, 3.05) is 13.2 Å². The predicted octanol–water partition coefficient (Wildman–Crippen LogP) is 4.45. The summed E-state index contributed by atoms with van der Waals surface area (Å²) in [5, 5.41) is 38.6. The molecule has 6 nitrogen and oxygen atoms in total. The number of hydrogen-bond acceptors (Lipinski definition) is 6. The molecule has 0 radical (unpaired) electrons. The van der Waals surface area contributed by atoms with E-state index in [-0.39, 0.29) is 0 Å². The molecule has 1 fully saturated rings. The van der Waals surface area contributed by atoms with Crippen molar-refractivity contribution in [3.63, 3.8) is 0 Å². The highest BCUT2D eigenvalue weighted by Gasteiger charge is 2.43. The first-order valence-corrected chi connectivity index (χ1v) is 13.0. The van der Waals surface area contributed by atoms with E-state index in [1.54, 1.807) is 0 Å². The summed E-state index contributed by atoms with van der Waals surface area (Å²) >= 11 is 0. The molecule has 5 atom stereocenters. The Morgan fingerprint density at radius 2 is 1.00 bits per heavy atom. The van der Waals surface area contributed by atoms with Gasteiger partial charge in [0.2, 0.25) is 0 Å². The first-order chi connectivity index (χ1) is 15.1. The fraction of sp³-hybridized carbons (Fsp3) is 1.00.